The van der Waals surface area contributed by atoms with E-state index in [4.69, 9.17) is 10.5 Å². The molecular formula is C32H40N4O6. The predicted octanol–water partition coefficient (Wildman–Crippen LogP) is 5.01. The van der Waals surface area contributed by atoms with Gasteiger partial charge in [-0.05, 0) is 88.6 Å². The minimum Gasteiger partial charge on any atom is -0.508 e. The topological polar surface area (TPSA) is 151 Å². The zero-order valence-corrected chi connectivity index (χ0v) is 24.9. The number of primary amides is 1. The van der Waals surface area contributed by atoms with Crippen LogP contribution in [-0.4, -0.2) is 51.0 Å². The van der Waals surface area contributed by atoms with E-state index in [2.05, 4.69) is 10.6 Å². The van der Waals surface area contributed by atoms with Gasteiger partial charge in [-0.1, -0.05) is 42.5 Å². The van der Waals surface area contributed by atoms with Gasteiger partial charge in [-0.25, -0.2) is 4.79 Å². The molecule has 0 bridgehead atoms. The highest BCUT2D eigenvalue weighted by atomic mass is 16.6. The number of hydrogen-bond acceptors (Lipinski definition) is 6. The average Bonchev–Trinajstić information content (AvgIpc) is 2.88. The number of aromatic hydroxyl groups is 1. The number of rotatable bonds is 9. The molecule has 0 fully saturated rings. The molecule has 5 N–H and O–H groups in total. The number of phenols is 1. The Hall–Kier alpha value is -4.60. The van der Waals surface area contributed by atoms with Crippen molar-refractivity contribution < 1.29 is 29.0 Å². The number of alkyl carbamates (subject to hydrolysis) is 1. The van der Waals surface area contributed by atoms with E-state index in [0.717, 1.165) is 10.8 Å². The lowest BCUT2D eigenvalue weighted by Gasteiger charge is -2.43. The van der Waals surface area contributed by atoms with Crippen LogP contribution in [0.5, 0.6) is 5.75 Å². The van der Waals surface area contributed by atoms with Gasteiger partial charge in [0.05, 0.1) is 0 Å². The molecule has 0 aliphatic rings. The number of carbonyl (C=O) groups excluding carboxylic acids is 4. The number of benzene rings is 3. The zero-order valence-electron chi connectivity index (χ0n) is 24.9. The summed E-state index contributed by atoms with van der Waals surface area (Å²) in [5, 5.41) is 17.4. The smallest absolute Gasteiger partial charge is 0.408 e. The molecule has 0 aliphatic heterocycles. The number of amides is 4. The van der Waals surface area contributed by atoms with Crippen LogP contribution in [0.25, 0.3) is 10.8 Å². The number of carbonyl (C=O) groups is 4. The van der Waals surface area contributed by atoms with Gasteiger partial charge in [0.15, 0.2) is 0 Å². The summed E-state index contributed by atoms with van der Waals surface area (Å²) in [5.74, 6) is -1.77. The van der Waals surface area contributed by atoms with Crippen molar-refractivity contribution in [2.24, 2.45) is 5.73 Å². The molecule has 3 aromatic rings. The Morgan fingerprint density at radius 1 is 0.905 bits per heavy atom. The van der Waals surface area contributed by atoms with E-state index in [9.17, 15) is 24.3 Å². The molecule has 224 valence electrons. The van der Waals surface area contributed by atoms with Crippen molar-refractivity contribution >= 4 is 40.3 Å². The fourth-order valence-electron chi connectivity index (χ4n) is 4.56. The molecule has 0 aromatic heterocycles. The molecule has 0 spiro atoms. The molecule has 0 aliphatic carbocycles. The summed E-state index contributed by atoms with van der Waals surface area (Å²) in [6.45, 7) is 10.4. The molecule has 2 atom stereocenters. The number of hydrogen-bond donors (Lipinski definition) is 4. The van der Waals surface area contributed by atoms with E-state index >= 15 is 0 Å². The lowest BCUT2D eigenvalue weighted by Crippen LogP contribution is -2.58. The monoisotopic (exact) mass is 576 g/mol. The van der Waals surface area contributed by atoms with Crippen LogP contribution in [0.3, 0.4) is 0 Å². The highest BCUT2D eigenvalue weighted by Crippen LogP contribution is 2.32. The predicted molar refractivity (Wildman–Crippen MR) is 162 cm³/mol. The van der Waals surface area contributed by atoms with Crippen molar-refractivity contribution in [1.82, 2.24) is 10.2 Å². The lowest BCUT2D eigenvalue weighted by atomic mass is 9.94. The van der Waals surface area contributed by atoms with Crippen molar-refractivity contribution in [1.29, 1.82) is 0 Å². The van der Waals surface area contributed by atoms with Crippen molar-refractivity contribution in [3.8, 4) is 5.75 Å². The number of phenolic OH excluding ortho intramolecular Hbond substituents is 1. The standard InChI is InChI=1S/C32H40N4O6/c1-31(2,3)36(29(40)25(17-18-26(33)38)35-30(41)42-32(4,5)6)27(21-12-15-24(37)16-13-21)28(39)34-23-14-11-20-9-7-8-10-22(20)19-23/h7-16,19,25,27,37H,17-18H2,1-6H3,(H2,33,38)(H,34,39)(H,35,41). The maximum Gasteiger partial charge on any atom is 0.408 e. The Balaban J connectivity index is 2.06. The fourth-order valence-corrected chi connectivity index (χ4v) is 4.56. The van der Waals surface area contributed by atoms with Crippen molar-refractivity contribution in [2.75, 3.05) is 5.32 Å². The first-order chi connectivity index (χ1) is 19.5. The maximum atomic E-state index is 14.3. The Kier molecular flexibility index (Phi) is 9.83. The third-order valence-corrected chi connectivity index (χ3v) is 6.36. The number of nitrogens with two attached hydrogens (primary N) is 1. The van der Waals surface area contributed by atoms with Crippen LogP contribution in [0.15, 0.2) is 66.7 Å². The highest BCUT2D eigenvalue weighted by molar-refractivity contribution is 6.00. The molecule has 10 heteroatoms. The van der Waals surface area contributed by atoms with Gasteiger partial charge in [-0.3, -0.25) is 14.4 Å². The van der Waals surface area contributed by atoms with Crippen LogP contribution in [0.2, 0.25) is 0 Å². The van der Waals surface area contributed by atoms with Crippen LogP contribution in [0.4, 0.5) is 10.5 Å². The van der Waals surface area contributed by atoms with Crippen LogP contribution in [0, 0.1) is 0 Å². The Morgan fingerprint density at radius 2 is 1.52 bits per heavy atom. The molecule has 10 nitrogen and oxygen atoms in total. The minimum atomic E-state index is -1.22. The van der Waals surface area contributed by atoms with Crippen LogP contribution >= 0.6 is 0 Å². The first-order valence-corrected chi connectivity index (χ1v) is 13.7. The van der Waals surface area contributed by atoms with E-state index in [-0.39, 0.29) is 18.6 Å². The second-order valence-electron chi connectivity index (χ2n) is 12.1. The van der Waals surface area contributed by atoms with E-state index in [0.29, 0.717) is 11.3 Å². The zero-order chi connectivity index (χ0) is 31.2. The van der Waals surface area contributed by atoms with E-state index in [1.54, 1.807) is 59.7 Å². The van der Waals surface area contributed by atoms with Gasteiger partial charge >= 0.3 is 6.09 Å². The quantitative estimate of drug-likeness (QED) is 0.281. The minimum absolute atomic E-state index is 0.00741. The molecule has 0 radical (unpaired) electrons. The van der Waals surface area contributed by atoms with Crippen molar-refractivity contribution in [3.63, 3.8) is 0 Å². The third-order valence-electron chi connectivity index (χ3n) is 6.36. The first kappa shape index (κ1) is 31.9. The average molecular weight is 577 g/mol. The van der Waals surface area contributed by atoms with Crippen molar-refractivity contribution in [2.45, 2.75) is 77.6 Å². The molecular weight excluding hydrogens is 536 g/mol. The van der Waals surface area contributed by atoms with Gasteiger partial charge < -0.3 is 31.1 Å². The number of anilines is 1. The molecule has 4 amide bonds. The van der Waals surface area contributed by atoms with Crippen LogP contribution in [-0.2, 0) is 19.1 Å². The van der Waals surface area contributed by atoms with Crippen molar-refractivity contribution in [3.05, 3.63) is 72.3 Å². The summed E-state index contributed by atoms with van der Waals surface area (Å²) < 4.78 is 5.37. The summed E-state index contributed by atoms with van der Waals surface area (Å²) >= 11 is 0. The molecule has 0 heterocycles. The normalized spacial score (nSPS) is 13.1. The summed E-state index contributed by atoms with van der Waals surface area (Å²) in [6.07, 6.45) is -1.13. The van der Waals surface area contributed by atoms with Crippen LogP contribution in [0.1, 0.15) is 66.0 Å². The van der Waals surface area contributed by atoms with Gasteiger partial charge in [0.25, 0.3) is 5.91 Å². The summed E-state index contributed by atoms with van der Waals surface area (Å²) in [5.41, 5.74) is 4.56. The summed E-state index contributed by atoms with van der Waals surface area (Å²) in [4.78, 5) is 54.1. The molecule has 0 saturated heterocycles. The van der Waals surface area contributed by atoms with Gasteiger partial charge in [0.1, 0.15) is 23.4 Å². The Labute approximate surface area is 246 Å². The van der Waals surface area contributed by atoms with Gasteiger partial charge in [0, 0.05) is 17.6 Å². The maximum absolute atomic E-state index is 14.3. The Morgan fingerprint density at radius 3 is 2.10 bits per heavy atom. The number of fused-ring (bicyclic) bond motifs is 1. The largest absolute Gasteiger partial charge is 0.508 e. The number of nitrogens with zero attached hydrogens (tertiary/aromatic N) is 1. The summed E-state index contributed by atoms with van der Waals surface area (Å²) in [7, 11) is 0. The second kappa shape index (κ2) is 12.9. The van der Waals surface area contributed by atoms with Gasteiger partial charge in [0.2, 0.25) is 11.8 Å². The van der Waals surface area contributed by atoms with Gasteiger partial charge in [-0.15, -0.1) is 0 Å². The van der Waals surface area contributed by atoms with E-state index in [1.165, 1.54) is 17.0 Å². The van der Waals surface area contributed by atoms with E-state index in [1.807, 2.05) is 36.4 Å². The number of ether oxygens (including phenoxy) is 1. The molecule has 3 rings (SSSR count). The lowest BCUT2D eigenvalue weighted by molar-refractivity contribution is -0.147. The summed E-state index contributed by atoms with van der Waals surface area (Å²) in [6, 6.07) is 16.8. The molecule has 2 unspecified atom stereocenters. The highest BCUT2D eigenvalue weighted by Gasteiger charge is 2.42. The SMILES string of the molecule is CC(C)(C)OC(=O)NC(CCC(N)=O)C(=O)N(C(C(=O)Nc1ccc2ccccc2c1)c1ccc(O)cc1)C(C)(C)C. The van der Waals surface area contributed by atoms with Gasteiger partial charge in [-0.2, -0.15) is 0 Å². The Bertz CT molecular complexity index is 1440. The number of nitrogens with one attached hydrogen (secondary N) is 2. The first-order valence-electron chi connectivity index (χ1n) is 13.7. The molecule has 0 saturated carbocycles. The molecule has 42 heavy (non-hydrogen) atoms. The van der Waals surface area contributed by atoms with Crippen LogP contribution < -0.4 is 16.4 Å². The third kappa shape index (κ3) is 8.70. The van der Waals surface area contributed by atoms with E-state index < -0.39 is 47.0 Å². The fraction of sp³-hybridized carbons (Fsp3) is 0.375. The second-order valence-corrected chi connectivity index (χ2v) is 12.1. The molecule has 3 aromatic carbocycles.